The van der Waals surface area contributed by atoms with E-state index in [0.717, 1.165) is 34.5 Å². The predicted octanol–water partition coefficient (Wildman–Crippen LogP) is 2.72. The second-order valence-corrected chi connectivity index (χ2v) is 10.0. The first-order valence-corrected chi connectivity index (χ1v) is 11.8. The van der Waals surface area contributed by atoms with Crippen molar-refractivity contribution in [2.24, 2.45) is 0 Å². The Morgan fingerprint density at radius 2 is 1.79 bits per heavy atom. The lowest BCUT2D eigenvalue weighted by atomic mass is 10.1. The number of halogens is 1. The number of benzene rings is 1. The van der Waals surface area contributed by atoms with E-state index in [2.05, 4.69) is 26.0 Å². The summed E-state index contributed by atoms with van der Waals surface area (Å²) in [6.07, 6.45) is 0.755. The van der Waals surface area contributed by atoms with Gasteiger partial charge in [0.05, 0.1) is 0 Å². The second kappa shape index (κ2) is 8.25. The monoisotopic (exact) mass is 485 g/mol. The molecule has 1 saturated heterocycles. The summed E-state index contributed by atoms with van der Waals surface area (Å²) < 4.78 is 45.1. The van der Waals surface area contributed by atoms with Gasteiger partial charge in [0.2, 0.25) is 10.0 Å². The second-order valence-electron chi connectivity index (χ2n) is 7.27. The van der Waals surface area contributed by atoms with Crippen molar-refractivity contribution in [3.05, 3.63) is 33.6 Å². The van der Waals surface area contributed by atoms with E-state index in [1.165, 1.54) is 0 Å². The number of ether oxygens (including phenoxy) is 2. The third kappa shape index (κ3) is 4.16. The molecule has 2 aromatic rings. The van der Waals surface area contributed by atoms with E-state index in [9.17, 15) is 8.42 Å². The maximum Gasteiger partial charge on any atom is 0.248 e. The largest absolute Gasteiger partial charge is 0.486 e. The molecule has 1 fully saturated rings. The van der Waals surface area contributed by atoms with Gasteiger partial charge in [-0.05, 0) is 44.5 Å². The fourth-order valence-corrected chi connectivity index (χ4v) is 5.99. The summed E-state index contributed by atoms with van der Waals surface area (Å²) in [6.45, 7) is 7.46. The molecule has 1 aromatic carbocycles. The minimum atomic E-state index is -3.62. The van der Waals surface area contributed by atoms with Crippen molar-refractivity contribution in [1.29, 1.82) is 0 Å². The van der Waals surface area contributed by atoms with E-state index >= 15 is 0 Å². The van der Waals surface area contributed by atoms with Gasteiger partial charge in [0.1, 0.15) is 23.8 Å². The molecule has 2 aliphatic rings. The van der Waals surface area contributed by atoms with Crippen LogP contribution in [0.25, 0.3) is 0 Å². The van der Waals surface area contributed by atoms with Gasteiger partial charge in [-0.15, -0.1) is 0 Å². The number of hydrogen-bond acceptors (Lipinski definition) is 7. The van der Waals surface area contributed by atoms with Crippen molar-refractivity contribution in [3.8, 4) is 11.5 Å². The number of nitrogens with zero attached hydrogens (tertiary/aromatic N) is 3. The molecule has 1 aromatic heterocycles. The molecule has 8 nitrogen and oxygen atoms in total. The Balaban J connectivity index is 1.47. The number of fused-ring (bicyclic) bond motifs is 1. The van der Waals surface area contributed by atoms with Gasteiger partial charge in [0, 0.05) is 30.7 Å². The van der Waals surface area contributed by atoms with Crippen LogP contribution in [0.5, 0.6) is 11.5 Å². The predicted molar refractivity (Wildman–Crippen MR) is 110 cm³/mol. The Hall–Kier alpha value is -1.62. The van der Waals surface area contributed by atoms with Gasteiger partial charge in [-0.3, -0.25) is 4.90 Å². The molecular formula is C19H24BrN3O5S. The Morgan fingerprint density at radius 1 is 1.07 bits per heavy atom. The third-order valence-electron chi connectivity index (χ3n) is 5.22. The standard InChI is InChI=1S/C19H24BrN3O5S/c1-13-19(14(2)28-21-13)29(24,25)23-5-3-4-22(6-7-23)12-15-10-17-18(11-16(15)20)27-9-8-26-17/h10-11H,3-9,12H2,1-2H3. The molecule has 0 atom stereocenters. The van der Waals surface area contributed by atoms with Gasteiger partial charge in [-0.1, -0.05) is 21.1 Å². The van der Waals surface area contributed by atoms with Crippen LogP contribution in [-0.4, -0.2) is 62.2 Å². The van der Waals surface area contributed by atoms with Crippen LogP contribution < -0.4 is 9.47 Å². The van der Waals surface area contributed by atoms with Crippen molar-refractivity contribution in [2.45, 2.75) is 31.7 Å². The van der Waals surface area contributed by atoms with Crippen LogP contribution in [0.2, 0.25) is 0 Å². The Morgan fingerprint density at radius 3 is 2.48 bits per heavy atom. The molecule has 0 saturated carbocycles. The smallest absolute Gasteiger partial charge is 0.248 e. The fraction of sp³-hybridized carbons (Fsp3) is 0.526. The van der Waals surface area contributed by atoms with E-state index in [1.54, 1.807) is 18.2 Å². The van der Waals surface area contributed by atoms with Gasteiger partial charge in [0.25, 0.3) is 0 Å². The van der Waals surface area contributed by atoms with E-state index in [1.807, 2.05) is 12.1 Å². The molecule has 0 amide bonds. The number of rotatable bonds is 4. The van der Waals surface area contributed by atoms with Gasteiger partial charge in [-0.25, -0.2) is 8.42 Å². The minimum Gasteiger partial charge on any atom is -0.486 e. The number of aromatic nitrogens is 1. The molecule has 158 valence electrons. The first-order valence-electron chi connectivity index (χ1n) is 9.59. The number of aryl methyl sites for hydroxylation is 2. The quantitative estimate of drug-likeness (QED) is 0.657. The summed E-state index contributed by atoms with van der Waals surface area (Å²) in [5.74, 6) is 1.84. The lowest BCUT2D eigenvalue weighted by Gasteiger charge is -2.24. The maximum atomic E-state index is 13.1. The lowest BCUT2D eigenvalue weighted by Crippen LogP contribution is -2.35. The maximum absolute atomic E-state index is 13.1. The van der Waals surface area contributed by atoms with Crippen LogP contribution in [0, 0.1) is 13.8 Å². The highest BCUT2D eigenvalue weighted by molar-refractivity contribution is 9.10. The van der Waals surface area contributed by atoms with E-state index in [4.69, 9.17) is 14.0 Å². The highest BCUT2D eigenvalue weighted by Crippen LogP contribution is 2.36. The molecule has 0 aliphatic carbocycles. The van der Waals surface area contributed by atoms with Crippen LogP contribution in [0.4, 0.5) is 0 Å². The van der Waals surface area contributed by atoms with Gasteiger partial charge in [0.15, 0.2) is 17.3 Å². The summed E-state index contributed by atoms with van der Waals surface area (Å²) in [5.41, 5.74) is 1.50. The molecule has 0 radical (unpaired) electrons. The van der Waals surface area contributed by atoms with Crippen LogP contribution in [-0.2, 0) is 16.6 Å². The van der Waals surface area contributed by atoms with Crippen LogP contribution >= 0.6 is 15.9 Å². The van der Waals surface area contributed by atoms with Gasteiger partial charge >= 0.3 is 0 Å². The summed E-state index contributed by atoms with van der Waals surface area (Å²) in [5, 5.41) is 3.80. The average Bonchev–Trinajstić information content (AvgIpc) is 2.88. The van der Waals surface area contributed by atoms with Crippen molar-refractivity contribution in [1.82, 2.24) is 14.4 Å². The van der Waals surface area contributed by atoms with Gasteiger partial charge in [-0.2, -0.15) is 4.31 Å². The van der Waals surface area contributed by atoms with E-state index in [-0.39, 0.29) is 4.90 Å². The summed E-state index contributed by atoms with van der Waals surface area (Å²) in [4.78, 5) is 2.46. The Kier molecular flexibility index (Phi) is 5.87. The molecule has 0 bridgehead atoms. The molecule has 10 heteroatoms. The lowest BCUT2D eigenvalue weighted by molar-refractivity contribution is 0.171. The van der Waals surface area contributed by atoms with Gasteiger partial charge < -0.3 is 14.0 Å². The first-order chi connectivity index (χ1) is 13.9. The van der Waals surface area contributed by atoms with E-state index < -0.39 is 10.0 Å². The summed E-state index contributed by atoms with van der Waals surface area (Å²) >= 11 is 3.62. The molecule has 29 heavy (non-hydrogen) atoms. The normalized spacial score (nSPS) is 18.6. The molecule has 2 aliphatic heterocycles. The Labute approximate surface area is 178 Å². The Bertz CT molecular complexity index is 988. The first kappa shape index (κ1) is 20.6. The van der Waals surface area contributed by atoms with Crippen LogP contribution in [0.15, 0.2) is 26.0 Å². The van der Waals surface area contributed by atoms with Crippen LogP contribution in [0.3, 0.4) is 0 Å². The zero-order valence-electron chi connectivity index (χ0n) is 16.5. The molecule has 4 rings (SSSR count). The topological polar surface area (TPSA) is 85.1 Å². The van der Waals surface area contributed by atoms with Crippen molar-refractivity contribution in [2.75, 3.05) is 39.4 Å². The molecule has 3 heterocycles. The van der Waals surface area contributed by atoms with Crippen molar-refractivity contribution in [3.63, 3.8) is 0 Å². The average molecular weight is 486 g/mol. The van der Waals surface area contributed by atoms with Crippen molar-refractivity contribution < 1.29 is 22.4 Å². The van der Waals surface area contributed by atoms with Crippen LogP contribution in [0.1, 0.15) is 23.4 Å². The molecule has 0 spiro atoms. The zero-order chi connectivity index (χ0) is 20.6. The summed E-state index contributed by atoms with van der Waals surface area (Å²) in [7, 11) is -3.62. The highest BCUT2D eigenvalue weighted by atomic mass is 79.9. The molecule has 0 unspecified atom stereocenters. The zero-order valence-corrected chi connectivity index (χ0v) is 18.9. The van der Waals surface area contributed by atoms with Crippen molar-refractivity contribution >= 4 is 26.0 Å². The number of hydrogen-bond donors (Lipinski definition) is 0. The fourth-order valence-electron chi connectivity index (χ4n) is 3.79. The third-order valence-corrected chi connectivity index (χ3v) is 8.10. The SMILES string of the molecule is Cc1noc(C)c1S(=O)(=O)N1CCCN(Cc2cc3c(cc2Br)OCCO3)CC1. The van der Waals surface area contributed by atoms with E-state index in [0.29, 0.717) is 50.8 Å². The molecular weight excluding hydrogens is 462 g/mol. The molecule has 0 N–H and O–H groups in total. The minimum absolute atomic E-state index is 0.195. The number of sulfonamides is 1. The summed E-state index contributed by atoms with van der Waals surface area (Å²) in [6, 6.07) is 3.94. The highest BCUT2D eigenvalue weighted by Gasteiger charge is 2.32.